The molecule has 2 rings (SSSR count). The number of hydrogen-bond donors (Lipinski definition) is 2. The average molecular weight is 246 g/mol. The summed E-state index contributed by atoms with van der Waals surface area (Å²) >= 11 is 0. The molecule has 0 spiro atoms. The van der Waals surface area contributed by atoms with Crippen molar-refractivity contribution >= 4 is 0 Å². The Bertz CT molecular complexity index is 343. The Labute approximate surface area is 111 Å². The van der Waals surface area contributed by atoms with E-state index in [0.29, 0.717) is 5.41 Å². The normalized spacial score (nSPS) is 19.2. The SMILES string of the molecule is CC1(CNCCCC(N)c2ccccc2)CCC1. The van der Waals surface area contributed by atoms with E-state index in [2.05, 4.69) is 36.5 Å². The molecule has 2 nitrogen and oxygen atoms in total. The molecule has 0 amide bonds. The fourth-order valence-corrected chi connectivity index (χ4v) is 2.66. The zero-order valence-corrected chi connectivity index (χ0v) is 11.5. The van der Waals surface area contributed by atoms with Crippen molar-refractivity contribution in [3.8, 4) is 0 Å². The molecular formula is C16H26N2. The van der Waals surface area contributed by atoms with Crippen molar-refractivity contribution in [3.63, 3.8) is 0 Å². The van der Waals surface area contributed by atoms with Crippen molar-refractivity contribution in [3.05, 3.63) is 35.9 Å². The smallest absolute Gasteiger partial charge is 0.0295 e. The molecule has 1 atom stereocenters. The molecule has 1 unspecified atom stereocenters. The van der Waals surface area contributed by atoms with Gasteiger partial charge >= 0.3 is 0 Å². The molecule has 0 aromatic heterocycles. The fourth-order valence-electron chi connectivity index (χ4n) is 2.66. The third kappa shape index (κ3) is 3.82. The van der Waals surface area contributed by atoms with E-state index in [1.165, 1.54) is 31.4 Å². The molecule has 1 fully saturated rings. The Morgan fingerprint density at radius 2 is 2.00 bits per heavy atom. The van der Waals surface area contributed by atoms with Crippen LogP contribution in [0, 0.1) is 5.41 Å². The van der Waals surface area contributed by atoms with Gasteiger partial charge in [-0.25, -0.2) is 0 Å². The minimum Gasteiger partial charge on any atom is -0.324 e. The molecule has 18 heavy (non-hydrogen) atoms. The van der Waals surface area contributed by atoms with Crippen molar-refractivity contribution in [2.75, 3.05) is 13.1 Å². The van der Waals surface area contributed by atoms with Crippen LogP contribution in [0.15, 0.2) is 30.3 Å². The number of nitrogens with two attached hydrogens (primary N) is 1. The van der Waals surface area contributed by atoms with Gasteiger partial charge in [0.2, 0.25) is 0 Å². The largest absolute Gasteiger partial charge is 0.324 e. The molecule has 3 N–H and O–H groups in total. The summed E-state index contributed by atoms with van der Waals surface area (Å²) in [5, 5.41) is 3.58. The van der Waals surface area contributed by atoms with Crippen molar-refractivity contribution in [1.29, 1.82) is 0 Å². The molecule has 0 aliphatic heterocycles. The Kier molecular flexibility index (Phi) is 4.79. The number of nitrogens with one attached hydrogen (secondary N) is 1. The Hall–Kier alpha value is -0.860. The molecule has 0 saturated heterocycles. The standard InChI is InChI=1S/C16H26N2/c1-16(10-6-11-16)13-18-12-5-9-15(17)14-7-3-2-4-8-14/h2-4,7-8,15,18H,5-6,9-13,17H2,1H3. The maximum Gasteiger partial charge on any atom is 0.0295 e. The molecule has 100 valence electrons. The van der Waals surface area contributed by atoms with Crippen LogP contribution in [0.1, 0.15) is 50.6 Å². The van der Waals surface area contributed by atoms with E-state index in [4.69, 9.17) is 5.73 Å². The van der Waals surface area contributed by atoms with Crippen LogP contribution in [0.2, 0.25) is 0 Å². The van der Waals surface area contributed by atoms with Gasteiger partial charge in [-0.05, 0) is 43.2 Å². The summed E-state index contributed by atoms with van der Waals surface area (Å²) in [6.07, 6.45) is 6.42. The molecule has 0 radical (unpaired) electrons. The van der Waals surface area contributed by atoms with Gasteiger partial charge in [0.15, 0.2) is 0 Å². The topological polar surface area (TPSA) is 38.0 Å². The van der Waals surface area contributed by atoms with Gasteiger partial charge in [-0.15, -0.1) is 0 Å². The molecule has 1 aromatic carbocycles. The lowest BCUT2D eigenvalue weighted by Crippen LogP contribution is -2.37. The summed E-state index contributed by atoms with van der Waals surface area (Å²) < 4.78 is 0. The van der Waals surface area contributed by atoms with Crippen LogP contribution in [0.3, 0.4) is 0 Å². The molecule has 0 bridgehead atoms. The zero-order valence-electron chi connectivity index (χ0n) is 11.5. The lowest BCUT2D eigenvalue weighted by molar-refractivity contribution is 0.157. The van der Waals surface area contributed by atoms with Crippen molar-refractivity contribution < 1.29 is 0 Å². The lowest BCUT2D eigenvalue weighted by Gasteiger charge is -2.38. The molecular weight excluding hydrogens is 220 g/mol. The maximum atomic E-state index is 6.17. The van der Waals surface area contributed by atoms with Crippen LogP contribution in [0.25, 0.3) is 0 Å². The number of hydrogen-bond acceptors (Lipinski definition) is 2. The first-order valence-corrected chi connectivity index (χ1v) is 7.21. The molecule has 1 aliphatic carbocycles. The maximum absolute atomic E-state index is 6.17. The van der Waals surface area contributed by atoms with Gasteiger partial charge in [-0.2, -0.15) is 0 Å². The van der Waals surface area contributed by atoms with Gasteiger partial charge in [0.25, 0.3) is 0 Å². The first-order chi connectivity index (χ1) is 8.70. The van der Waals surface area contributed by atoms with E-state index < -0.39 is 0 Å². The third-order valence-electron chi connectivity index (χ3n) is 4.21. The zero-order chi connectivity index (χ0) is 12.8. The highest BCUT2D eigenvalue weighted by Gasteiger charge is 2.30. The van der Waals surface area contributed by atoms with Crippen LogP contribution in [0.4, 0.5) is 0 Å². The van der Waals surface area contributed by atoms with Crippen LogP contribution < -0.4 is 11.1 Å². The second-order valence-corrected chi connectivity index (χ2v) is 6.00. The van der Waals surface area contributed by atoms with Crippen LogP contribution >= 0.6 is 0 Å². The van der Waals surface area contributed by atoms with Gasteiger partial charge in [-0.1, -0.05) is 43.7 Å². The van der Waals surface area contributed by atoms with Gasteiger partial charge in [0.05, 0.1) is 0 Å². The van der Waals surface area contributed by atoms with Gasteiger partial charge in [0, 0.05) is 12.6 Å². The van der Waals surface area contributed by atoms with Gasteiger partial charge in [0.1, 0.15) is 0 Å². The summed E-state index contributed by atoms with van der Waals surface area (Å²) in [6.45, 7) is 4.66. The summed E-state index contributed by atoms with van der Waals surface area (Å²) in [5.41, 5.74) is 8.01. The monoisotopic (exact) mass is 246 g/mol. The quantitative estimate of drug-likeness (QED) is 0.725. The van der Waals surface area contributed by atoms with E-state index in [1.54, 1.807) is 0 Å². The summed E-state index contributed by atoms with van der Waals surface area (Å²) in [7, 11) is 0. The van der Waals surface area contributed by atoms with E-state index in [1.807, 2.05) is 6.07 Å². The first kappa shape index (κ1) is 13.6. The van der Waals surface area contributed by atoms with Crippen molar-refractivity contribution in [2.24, 2.45) is 11.1 Å². The van der Waals surface area contributed by atoms with Gasteiger partial charge < -0.3 is 11.1 Å². The minimum atomic E-state index is 0.187. The Balaban J connectivity index is 1.58. The lowest BCUT2D eigenvalue weighted by atomic mass is 9.70. The minimum absolute atomic E-state index is 0.187. The van der Waals surface area contributed by atoms with Gasteiger partial charge in [-0.3, -0.25) is 0 Å². The fraction of sp³-hybridized carbons (Fsp3) is 0.625. The molecule has 2 heteroatoms. The van der Waals surface area contributed by atoms with Crippen LogP contribution in [0.5, 0.6) is 0 Å². The Morgan fingerprint density at radius 1 is 1.28 bits per heavy atom. The predicted octanol–water partition coefficient (Wildman–Crippen LogP) is 3.25. The molecule has 1 aliphatic rings. The van der Waals surface area contributed by atoms with Crippen molar-refractivity contribution in [1.82, 2.24) is 5.32 Å². The van der Waals surface area contributed by atoms with E-state index >= 15 is 0 Å². The second-order valence-electron chi connectivity index (χ2n) is 6.00. The second kappa shape index (κ2) is 6.35. The average Bonchev–Trinajstić information content (AvgIpc) is 2.37. The highest BCUT2D eigenvalue weighted by molar-refractivity contribution is 5.18. The van der Waals surface area contributed by atoms with Crippen LogP contribution in [-0.4, -0.2) is 13.1 Å². The third-order valence-corrected chi connectivity index (χ3v) is 4.21. The number of rotatable bonds is 7. The summed E-state index contributed by atoms with van der Waals surface area (Å²) in [4.78, 5) is 0. The van der Waals surface area contributed by atoms with Crippen molar-refractivity contribution in [2.45, 2.75) is 45.1 Å². The molecule has 1 aromatic rings. The molecule has 1 saturated carbocycles. The Morgan fingerprint density at radius 3 is 2.61 bits per heavy atom. The summed E-state index contributed by atoms with van der Waals surface area (Å²) in [6, 6.07) is 10.6. The van der Waals surface area contributed by atoms with E-state index in [-0.39, 0.29) is 6.04 Å². The van der Waals surface area contributed by atoms with E-state index in [0.717, 1.165) is 19.4 Å². The first-order valence-electron chi connectivity index (χ1n) is 7.21. The highest BCUT2D eigenvalue weighted by atomic mass is 14.9. The molecule has 0 heterocycles. The van der Waals surface area contributed by atoms with Crippen LogP contribution in [-0.2, 0) is 0 Å². The van der Waals surface area contributed by atoms with E-state index in [9.17, 15) is 0 Å². The highest BCUT2D eigenvalue weighted by Crippen LogP contribution is 2.39. The predicted molar refractivity (Wildman–Crippen MR) is 77.4 cm³/mol. The summed E-state index contributed by atoms with van der Waals surface area (Å²) in [5.74, 6) is 0. The number of benzene rings is 1.